The molecule has 0 radical (unpaired) electrons. The Morgan fingerprint density at radius 1 is 1.20 bits per heavy atom. The number of nitrogens with one attached hydrogen (secondary N) is 1. The zero-order valence-corrected chi connectivity index (χ0v) is 9.13. The minimum atomic E-state index is 0.807. The second-order valence-electron chi connectivity index (χ2n) is 3.31. The Kier molecular flexibility index (Phi) is 3.32. The van der Waals surface area contributed by atoms with E-state index in [-0.39, 0.29) is 0 Å². The van der Waals surface area contributed by atoms with Crippen molar-refractivity contribution in [1.82, 2.24) is 10.3 Å². The molecule has 0 aliphatic heterocycles. The highest BCUT2D eigenvalue weighted by molar-refractivity contribution is 7.09. The van der Waals surface area contributed by atoms with Gasteiger partial charge in [-0.05, 0) is 17.7 Å². The number of thiazole rings is 1. The van der Waals surface area contributed by atoms with Crippen LogP contribution in [0.25, 0.3) is 0 Å². The summed E-state index contributed by atoms with van der Waals surface area (Å²) in [6.07, 6.45) is 1.89. The molecule has 0 unspecified atom stereocenters. The van der Waals surface area contributed by atoms with Crippen LogP contribution in [-0.4, -0.2) is 4.98 Å². The van der Waals surface area contributed by atoms with E-state index in [1.165, 1.54) is 10.4 Å². The minimum absolute atomic E-state index is 0.807. The van der Waals surface area contributed by atoms with E-state index in [1.54, 1.807) is 11.3 Å². The van der Waals surface area contributed by atoms with Crippen molar-refractivity contribution in [2.24, 2.45) is 0 Å². The average Bonchev–Trinajstić information content (AvgIpc) is 2.74. The quantitative estimate of drug-likeness (QED) is 0.773. The van der Waals surface area contributed by atoms with Gasteiger partial charge in [0.15, 0.2) is 0 Å². The number of nitrogens with zero attached hydrogens (tertiary/aromatic N) is 1. The molecular weight excluding hydrogens is 206 g/mol. The number of nitrogens with two attached hydrogens (primary N) is 1. The zero-order chi connectivity index (χ0) is 10.5. The molecule has 0 atom stereocenters. The van der Waals surface area contributed by atoms with E-state index in [9.17, 15) is 0 Å². The molecular formula is C11H13N3S. The van der Waals surface area contributed by atoms with E-state index in [4.69, 9.17) is 5.73 Å². The van der Waals surface area contributed by atoms with Gasteiger partial charge in [0.05, 0.1) is 5.51 Å². The zero-order valence-electron chi connectivity index (χ0n) is 8.31. The fraction of sp³-hybridized carbons (Fsp3) is 0.182. The number of hydrogen-bond acceptors (Lipinski definition) is 4. The van der Waals surface area contributed by atoms with E-state index < -0.39 is 0 Å². The maximum absolute atomic E-state index is 5.61. The van der Waals surface area contributed by atoms with Crippen molar-refractivity contribution in [2.45, 2.75) is 13.1 Å². The van der Waals surface area contributed by atoms with Gasteiger partial charge < -0.3 is 11.1 Å². The van der Waals surface area contributed by atoms with Crippen LogP contribution in [0.2, 0.25) is 0 Å². The molecule has 0 saturated heterocycles. The monoisotopic (exact) mass is 219 g/mol. The molecule has 2 rings (SSSR count). The molecule has 2 aromatic rings. The van der Waals surface area contributed by atoms with E-state index in [2.05, 4.69) is 10.3 Å². The molecule has 0 spiro atoms. The highest BCUT2D eigenvalue weighted by Gasteiger charge is 1.95. The van der Waals surface area contributed by atoms with E-state index in [0.29, 0.717) is 0 Å². The molecule has 1 heterocycles. The lowest BCUT2D eigenvalue weighted by atomic mass is 10.2. The third kappa shape index (κ3) is 3.04. The van der Waals surface area contributed by atoms with Crippen LogP contribution in [0.1, 0.15) is 10.4 Å². The summed E-state index contributed by atoms with van der Waals surface area (Å²) in [5, 5.41) is 3.35. The van der Waals surface area contributed by atoms with Crippen LogP contribution in [0.5, 0.6) is 0 Å². The Labute approximate surface area is 93.0 Å². The first kappa shape index (κ1) is 10.1. The Balaban J connectivity index is 1.81. The van der Waals surface area contributed by atoms with E-state index in [0.717, 1.165) is 18.8 Å². The molecule has 3 nitrogen and oxygen atoms in total. The Morgan fingerprint density at radius 2 is 2.00 bits per heavy atom. The molecule has 15 heavy (non-hydrogen) atoms. The van der Waals surface area contributed by atoms with Crippen LogP contribution in [0.4, 0.5) is 5.69 Å². The maximum Gasteiger partial charge on any atom is 0.0794 e. The average molecular weight is 219 g/mol. The van der Waals surface area contributed by atoms with Crippen molar-refractivity contribution in [3.63, 3.8) is 0 Å². The van der Waals surface area contributed by atoms with Gasteiger partial charge in [0, 0.05) is 29.9 Å². The van der Waals surface area contributed by atoms with Crippen LogP contribution in [0.15, 0.2) is 36.0 Å². The lowest BCUT2D eigenvalue weighted by molar-refractivity contribution is 0.700. The fourth-order valence-electron chi connectivity index (χ4n) is 1.29. The minimum Gasteiger partial charge on any atom is -0.399 e. The molecule has 0 saturated carbocycles. The van der Waals surface area contributed by atoms with Gasteiger partial charge in [-0.3, -0.25) is 4.98 Å². The summed E-state index contributed by atoms with van der Waals surface area (Å²) in [5.41, 5.74) is 9.50. The molecule has 0 aliphatic rings. The third-order valence-electron chi connectivity index (χ3n) is 2.09. The van der Waals surface area contributed by atoms with Crippen LogP contribution < -0.4 is 11.1 Å². The summed E-state index contributed by atoms with van der Waals surface area (Å²) in [7, 11) is 0. The summed E-state index contributed by atoms with van der Waals surface area (Å²) < 4.78 is 0. The van der Waals surface area contributed by atoms with Gasteiger partial charge in [0.2, 0.25) is 0 Å². The smallest absolute Gasteiger partial charge is 0.0794 e. The van der Waals surface area contributed by atoms with Crippen molar-refractivity contribution in [2.75, 3.05) is 5.73 Å². The first-order chi connectivity index (χ1) is 7.34. The van der Waals surface area contributed by atoms with Crippen LogP contribution >= 0.6 is 11.3 Å². The predicted octanol–water partition coefficient (Wildman–Crippen LogP) is 2.02. The fourth-order valence-corrected chi connectivity index (χ4v) is 1.86. The molecule has 1 aromatic carbocycles. The SMILES string of the molecule is Nc1ccc(CNCc2cncs2)cc1. The number of anilines is 1. The maximum atomic E-state index is 5.61. The molecule has 78 valence electrons. The first-order valence-electron chi connectivity index (χ1n) is 4.77. The van der Waals surface area contributed by atoms with E-state index >= 15 is 0 Å². The van der Waals surface area contributed by atoms with Crippen LogP contribution in [-0.2, 0) is 13.1 Å². The summed E-state index contributed by atoms with van der Waals surface area (Å²) in [4.78, 5) is 5.28. The van der Waals surface area contributed by atoms with Gasteiger partial charge in [-0.15, -0.1) is 11.3 Å². The number of rotatable bonds is 4. The summed E-state index contributed by atoms with van der Waals surface area (Å²) in [6, 6.07) is 7.91. The molecule has 0 fully saturated rings. The molecule has 0 aliphatic carbocycles. The standard InChI is InChI=1S/C11H13N3S/c12-10-3-1-9(2-4-10)5-13-6-11-7-14-8-15-11/h1-4,7-8,13H,5-6,12H2. The first-order valence-corrected chi connectivity index (χ1v) is 5.65. The van der Waals surface area contributed by atoms with Gasteiger partial charge in [0.25, 0.3) is 0 Å². The van der Waals surface area contributed by atoms with Crippen LogP contribution in [0.3, 0.4) is 0 Å². The van der Waals surface area contributed by atoms with Gasteiger partial charge in [0.1, 0.15) is 0 Å². The van der Waals surface area contributed by atoms with Crippen molar-refractivity contribution >= 4 is 17.0 Å². The summed E-state index contributed by atoms with van der Waals surface area (Å²) in [5.74, 6) is 0. The Hall–Kier alpha value is -1.39. The van der Waals surface area contributed by atoms with Crippen LogP contribution in [0, 0.1) is 0 Å². The second-order valence-corrected chi connectivity index (χ2v) is 4.28. The molecule has 1 aromatic heterocycles. The second kappa shape index (κ2) is 4.91. The Bertz CT molecular complexity index is 394. The van der Waals surface area contributed by atoms with Gasteiger partial charge in [-0.2, -0.15) is 0 Å². The molecule has 0 amide bonds. The topological polar surface area (TPSA) is 50.9 Å². The summed E-state index contributed by atoms with van der Waals surface area (Å²) in [6.45, 7) is 1.73. The number of hydrogen-bond donors (Lipinski definition) is 2. The predicted molar refractivity (Wildman–Crippen MR) is 63.5 cm³/mol. The molecule has 3 N–H and O–H groups in total. The number of benzene rings is 1. The Morgan fingerprint density at radius 3 is 2.67 bits per heavy atom. The molecule has 4 heteroatoms. The van der Waals surface area contributed by atoms with Crippen molar-refractivity contribution < 1.29 is 0 Å². The van der Waals surface area contributed by atoms with Gasteiger partial charge in [-0.1, -0.05) is 12.1 Å². The largest absolute Gasteiger partial charge is 0.399 e. The number of aromatic nitrogens is 1. The van der Waals surface area contributed by atoms with Crippen molar-refractivity contribution in [1.29, 1.82) is 0 Å². The van der Waals surface area contributed by atoms with E-state index in [1.807, 2.05) is 36.0 Å². The lowest BCUT2D eigenvalue weighted by Gasteiger charge is -2.03. The normalized spacial score (nSPS) is 10.4. The highest BCUT2D eigenvalue weighted by atomic mass is 32.1. The molecule has 0 bridgehead atoms. The lowest BCUT2D eigenvalue weighted by Crippen LogP contribution is -2.11. The number of nitrogen functional groups attached to an aromatic ring is 1. The summed E-state index contributed by atoms with van der Waals surface area (Å²) >= 11 is 1.67. The third-order valence-corrected chi connectivity index (χ3v) is 2.87. The van der Waals surface area contributed by atoms with Crippen molar-refractivity contribution in [3.8, 4) is 0 Å². The van der Waals surface area contributed by atoms with Gasteiger partial charge >= 0.3 is 0 Å². The van der Waals surface area contributed by atoms with Gasteiger partial charge in [-0.25, -0.2) is 0 Å². The highest BCUT2D eigenvalue weighted by Crippen LogP contribution is 2.07. The van der Waals surface area contributed by atoms with Crippen molar-refractivity contribution in [3.05, 3.63) is 46.4 Å².